The monoisotopic (exact) mass is 330 g/mol. The van der Waals surface area contributed by atoms with E-state index in [1.807, 2.05) is 23.5 Å². The largest absolute Gasteiger partial charge is 0.353 e. The molecule has 4 heteroatoms. The van der Waals surface area contributed by atoms with Crippen molar-refractivity contribution in [3.63, 3.8) is 0 Å². The first-order valence-corrected chi connectivity index (χ1v) is 9.82. The Hall–Kier alpha value is -1.26. The minimum atomic E-state index is 1.04. The lowest BCUT2D eigenvalue weighted by molar-refractivity contribution is 1.01. The highest BCUT2D eigenvalue weighted by molar-refractivity contribution is 8.01. The lowest BCUT2D eigenvalue weighted by Crippen LogP contribution is -2.31. The van der Waals surface area contributed by atoms with Gasteiger partial charge < -0.3 is 9.80 Å². The summed E-state index contributed by atoms with van der Waals surface area (Å²) in [6, 6.07) is 17.7. The average molecular weight is 331 g/mol. The van der Waals surface area contributed by atoms with Gasteiger partial charge in [-0.05, 0) is 38.1 Å². The summed E-state index contributed by atoms with van der Waals surface area (Å²) in [6.45, 7) is 4.28. The zero-order valence-electron chi connectivity index (χ0n) is 13.2. The topological polar surface area (TPSA) is 6.48 Å². The van der Waals surface area contributed by atoms with Crippen LogP contribution in [0.25, 0.3) is 0 Å². The summed E-state index contributed by atoms with van der Waals surface area (Å²) in [7, 11) is 0. The number of aryl methyl sites for hydroxylation is 2. The Balaban J connectivity index is 1.62. The maximum atomic E-state index is 2.46. The van der Waals surface area contributed by atoms with Crippen LogP contribution < -0.4 is 9.80 Å². The number of thioether (sulfide) groups is 2. The van der Waals surface area contributed by atoms with E-state index in [-0.39, 0.29) is 0 Å². The molecule has 0 atom stereocenters. The Kier molecular flexibility index (Phi) is 5.21. The molecule has 2 nitrogen and oxygen atoms in total. The van der Waals surface area contributed by atoms with Gasteiger partial charge in [-0.15, -0.1) is 23.5 Å². The third kappa shape index (κ3) is 3.93. The van der Waals surface area contributed by atoms with Crippen molar-refractivity contribution in [2.45, 2.75) is 13.8 Å². The molecule has 1 heterocycles. The van der Waals surface area contributed by atoms with Crippen molar-refractivity contribution in [2.24, 2.45) is 0 Å². The van der Waals surface area contributed by atoms with Gasteiger partial charge >= 0.3 is 0 Å². The molecule has 1 aliphatic rings. The van der Waals surface area contributed by atoms with Gasteiger partial charge in [0.1, 0.15) is 0 Å². The number of hydrogen-bond donors (Lipinski definition) is 0. The summed E-state index contributed by atoms with van der Waals surface area (Å²) in [5.41, 5.74) is 5.30. The predicted octanol–water partition coefficient (Wildman–Crippen LogP) is 4.93. The minimum absolute atomic E-state index is 1.04. The minimum Gasteiger partial charge on any atom is -0.353 e. The van der Waals surface area contributed by atoms with Crippen molar-refractivity contribution >= 4 is 34.9 Å². The lowest BCUT2D eigenvalue weighted by atomic mass is 10.2. The molecule has 1 fully saturated rings. The standard InChI is InChI=1S/C18H22N2S2/c1-15-3-7-17(8-4-15)19-11-21-13-20(14-22-12-19)18-9-5-16(2)6-10-18/h3-10H,11-14H2,1-2H3. The molecule has 0 amide bonds. The number of benzene rings is 2. The van der Waals surface area contributed by atoms with Gasteiger partial charge in [-0.1, -0.05) is 35.4 Å². The van der Waals surface area contributed by atoms with E-state index in [4.69, 9.17) is 0 Å². The van der Waals surface area contributed by atoms with Crippen LogP contribution in [0.1, 0.15) is 11.1 Å². The second-order valence-corrected chi connectivity index (χ2v) is 7.52. The molecule has 2 aromatic carbocycles. The fourth-order valence-corrected chi connectivity index (χ4v) is 4.64. The van der Waals surface area contributed by atoms with Gasteiger partial charge in [-0.2, -0.15) is 0 Å². The van der Waals surface area contributed by atoms with Crippen molar-refractivity contribution in [2.75, 3.05) is 33.3 Å². The second kappa shape index (κ2) is 7.34. The molecule has 0 saturated carbocycles. The van der Waals surface area contributed by atoms with Gasteiger partial charge in [0.25, 0.3) is 0 Å². The van der Waals surface area contributed by atoms with E-state index in [2.05, 4.69) is 72.2 Å². The van der Waals surface area contributed by atoms with Crippen LogP contribution in [0.4, 0.5) is 11.4 Å². The molecule has 1 saturated heterocycles. The average Bonchev–Trinajstić information content (AvgIpc) is 2.50. The highest BCUT2D eigenvalue weighted by Gasteiger charge is 2.14. The van der Waals surface area contributed by atoms with Crippen molar-refractivity contribution in [3.05, 3.63) is 59.7 Å². The summed E-state index contributed by atoms with van der Waals surface area (Å²) < 4.78 is 0. The molecule has 0 radical (unpaired) electrons. The SMILES string of the molecule is Cc1ccc(N2CSCN(c3ccc(C)cc3)CSC2)cc1. The Morgan fingerprint density at radius 2 is 0.909 bits per heavy atom. The van der Waals surface area contributed by atoms with Gasteiger partial charge in [0.05, 0.1) is 23.5 Å². The van der Waals surface area contributed by atoms with Gasteiger partial charge in [0.2, 0.25) is 0 Å². The third-order valence-electron chi connectivity index (χ3n) is 3.79. The predicted molar refractivity (Wildman–Crippen MR) is 102 cm³/mol. The van der Waals surface area contributed by atoms with Crippen LogP contribution in [0.2, 0.25) is 0 Å². The van der Waals surface area contributed by atoms with Crippen LogP contribution >= 0.6 is 23.5 Å². The summed E-state index contributed by atoms with van der Waals surface area (Å²) in [5, 5.41) is 0. The normalized spacial score (nSPS) is 16.3. The first-order chi connectivity index (χ1) is 10.7. The van der Waals surface area contributed by atoms with Gasteiger partial charge in [-0.25, -0.2) is 0 Å². The Bertz CT molecular complexity index is 532. The third-order valence-corrected chi connectivity index (χ3v) is 5.76. The van der Waals surface area contributed by atoms with E-state index >= 15 is 0 Å². The molecule has 3 rings (SSSR count). The maximum absolute atomic E-state index is 2.46. The van der Waals surface area contributed by atoms with Gasteiger partial charge in [-0.3, -0.25) is 0 Å². The summed E-state index contributed by atoms with van der Waals surface area (Å²) in [4.78, 5) is 4.92. The van der Waals surface area contributed by atoms with Crippen LogP contribution in [-0.4, -0.2) is 23.5 Å². The zero-order chi connectivity index (χ0) is 15.4. The molecule has 2 aromatic rings. The molecule has 0 unspecified atom stereocenters. The Labute approximate surface area is 141 Å². The highest BCUT2D eigenvalue weighted by Crippen LogP contribution is 2.27. The van der Waals surface area contributed by atoms with E-state index < -0.39 is 0 Å². The van der Waals surface area contributed by atoms with E-state index in [0.29, 0.717) is 0 Å². The zero-order valence-corrected chi connectivity index (χ0v) is 14.8. The quantitative estimate of drug-likeness (QED) is 0.770. The number of nitrogens with zero attached hydrogens (tertiary/aromatic N) is 2. The van der Waals surface area contributed by atoms with Crippen molar-refractivity contribution < 1.29 is 0 Å². The molecule has 0 N–H and O–H groups in total. The van der Waals surface area contributed by atoms with E-state index in [0.717, 1.165) is 23.5 Å². The van der Waals surface area contributed by atoms with Crippen LogP contribution in [0.5, 0.6) is 0 Å². The summed E-state index contributed by atoms with van der Waals surface area (Å²) in [6.07, 6.45) is 0. The second-order valence-electron chi connectivity index (χ2n) is 5.68. The fourth-order valence-electron chi connectivity index (χ4n) is 2.41. The molecule has 22 heavy (non-hydrogen) atoms. The summed E-state index contributed by atoms with van der Waals surface area (Å²) in [5.74, 6) is 4.16. The smallest absolute Gasteiger partial charge is 0.0665 e. The van der Waals surface area contributed by atoms with Crippen LogP contribution in [0.3, 0.4) is 0 Å². The van der Waals surface area contributed by atoms with Gasteiger partial charge in [0.15, 0.2) is 0 Å². The molecule has 1 aliphatic heterocycles. The van der Waals surface area contributed by atoms with E-state index in [9.17, 15) is 0 Å². The Morgan fingerprint density at radius 1 is 0.591 bits per heavy atom. The molecule has 116 valence electrons. The molecule has 0 bridgehead atoms. The highest BCUT2D eigenvalue weighted by atomic mass is 32.2. The number of hydrogen-bond acceptors (Lipinski definition) is 4. The molecule has 0 aromatic heterocycles. The van der Waals surface area contributed by atoms with Gasteiger partial charge in [0, 0.05) is 11.4 Å². The molecular formula is C18H22N2S2. The molecular weight excluding hydrogens is 308 g/mol. The summed E-state index contributed by atoms with van der Waals surface area (Å²) >= 11 is 3.96. The van der Waals surface area contributed by atoms with Crippen molar-refractivity contribution in [3.8, 4) is 0 Å². The lowest BCUT2D eigenvalue weighted by Gasteiger charge is -2.32. The van der Waals surface area contributed by atoms with Crippen LogP contribution in [0.15, 0.2) is 48.5 Å². The van der Waals surface area contributed by atoms with E-state index in [1.165, 1.54) is 22.5 Å². The number of anilines is 2. The van der Waals surface area contributed by atoms with Crippen LogP contribution in [0, 0.1) is 13.8 Å². The van der Waals surface area contributed by atoms with E-state index in [1.54, 1.807) is 0 Å². The first-order valence-electron chi connectivity index (χ1n) is 7.51. The molecule has 0 aliphatic carbocycles. The maximum Gasteiger partial charge on any atom is 0.0665 e. The van der Waals surface area contributed by atoms with Crippen LogP contribution in [-0.2, 0) is 0 Å². The molecule has 0 spiro atoms. The number of rotatable bonds is 2. The Morgan fingerprint density at radius 3 is 1.23 bits per heavy atom. The van der Waals surface area contributed by atoms with Crippen molar-refractivity contribution in [1.29, 1.82) is 0 Å². The first kappa shape index (κ1) is 15.6. The fraction of sp³-hybridized carbons (Fsp3) is 0.333. The van der Waals surface area contributed by atoms with Crippen molar-refractivity contribution in [1.82, 2.24) is 0 Å².